The predicted molar refractivity (Wildman–Crippen MR) is 57.1 cm³/mol. The Morgan fingerprint density at radius 1 is 1.38 bits per heavy atom. The molecule has 0 amide bonds. The first kappa shape index (κ1) is 11.1. The summed E-state index contributed by atoms with van der Waals surface area (Å²) in [5, 5.41) is 5.68. The third-order valence-electron chi connectivity index (χ3n) is 1.86. The van der Waals surface area contributed by atoms with Crippen molar-refractivity contribution >= 4 is 21.7 Å². The smallest absolute Gasteiger partial charge is 0.281 e. The van der Waals surface area contributed by atoms with Gasteiger partial charge in [-0.15, -0.1) is 5.10 Å². The fraction of sp³-hybridized carbons (Fsp3) is 0.125. The van der Waals surface area contributed by atoms with E-state index in [1.54, 1.807) is 29.9 Å². The van der Waals surface area contributed by atoms with Crippen molar-refractivity contribution in [3.05, 3.63) is 29.9 Å². The lowest BCUT2D eigenvalue weighted by atomic mass is 10.2. The zero-order chi connectivity index (χ0) is 11.6. The molecule has 0 atom stereocenters. The molecule has 0 spiro atoms. The van der Waals surface area contributed by atoms with Gasteiger partial charge in [-0.1, -0.05) is 4.49 Å². The van der Waals surface area contributed by atoms with Gasteiger partial charge < -0.3 is 0 Å². The zero-order valence-electron chi connectivity index (χ0n) is 8.02. The largest absolute Gasteiger partial charge is 0.326 e. The maximum atomic E-state index is 10.6. The molecular formula is C8H8N3O3S2+. The molecule has 0 aromatic carbocycles. The average Bonchev–Trinajstić information content (AvgIpc) is 2.69. The fourth-order valence-electron chi connectivity index (χ4n) is 1.19. The Balaban J connectivity index is 2.24. The summed E-state index contributed by atoms with van der Waals surface area (Å²) in [4.78, 5) is 0. The Bertz CT molecular complexity index is 563. The van der Waals surface area contributed by atoms with Gasteiger partial charge in [-0.3, -0.25) is 4.55 Å². The molecule has 2 rings (SSSR count). The van der Waals surface area contributed by atoms with Crippen LogP contribution in [-0.4, -0.2) is 22.6 Å². The zero-order valence-corrected chi connectivity index (χ0v) is 9.65. The molecule has 0 aliphatic heterocycles. The van der Waals surface area contributed by atoms with Gasteiger partial charge in [-0.25, -0.2) is 0 Å². The monoisotopic (exact) mass is 258 g/mol. The van der Waals surface area contributed by atoms with Crippen LogP contribution in [0.5, 0.6) is 0 Å². The van der Waals surface area contributed by atoms with Crippen LogP contribution in [0, 0.1) is 0 Å². The van der Waals surface area contributed by atoms with E-state index < -0.39 is 16.0 Å². The molecule has 16 heavy (non-hydrogen) atoms. The first-order valence-electron chi connectivity index (χ1n) is 4.26. The Kier molecular flexibility index (Phi) is 2.95. The highest BCUT2D eigenvalue weighted by atomic mass is 32.2. The van der Waals surface area contributed by atoms with E-state index in [2.05, 4.69) is 9.59 Å². The number of hydrogen-bond donors (Lipinski definition) is 1. The van der Waals surface area contributed by atoms with Crippen molar-refractivity contribution in [2.75, 3.05) is 0 Å². The van der Waals surface area contributed by atoms with Crippen LogP contribution >= 0.6 is 11.5 Å². The van der Waals surface area contributed by atoms with Gasteiger partial charge in [0.2, 0.25) is 0 Å². The van der Waals surface area contributed by atoms with Crippen molar-refractivity contribution in [3.63, 3.8) is 0 Å². The number of nitrogens with zero attached hydrogens (tertiary/aromatic N) is 3. The highest BCUT2D eigenvalue weighted by Gasteiger charge is 2.12. The highest BCUT2D eigenvalue weighted by Crippen LogP contribution is 2.15. The normalized spacial score (nSPS) is 11.6. The summed E-state index contributed by atoms with van der Waals surface area (Å²) in [6.07, 6.45) is 3.12. The molecule has 2 aromatic heterocycles. The van der Waals surface area contributed by atoms with Crippen LogP contribution < -0.4 is 4.57 Å². The summed E-state index contributed by atoms with van der Waals surface area (Å²) in [5.74, 6) is -0.456. The summed E-state index contributed by atoms with van der Waals surface area (Å²) in [6, 6.07) is 3.42. The molecule has 2 heterocycles. The lowest BCUT2D eigenvalue weighted by molar-refractivity contribution is -0.678. The van der Waals surface area contributed by atoms with Crippen LogP contribution in [-0.2, 0) is 16.0 Å². The van der Waals surface area contributed by atoms with Crippen LogP contribution in [0.25, 0.3) is 11.3 Å². The van der Waals surface area contributed by atoms with Gasteiger partial charge in [0.15, 0.2) is 12.4 Å². The topological polar surface area (TPSA) is 84.0 Å². The molecule has 84 valence electrons. The Hall–Kier alpha value is -1.38. The second-order valence-corrected chi connectivity index (χ2v) is 5.13. The van der Waals surface area contributed by atoms with Gasteiger partial charge in [0.25, 0.3) is 5.88 Å². The molecule has 0 aliphatic carbocycles. The molecule has 2 aromatic rings. The van der Waals surface area contributed by atoms with Crippen LogP contribution in [0.15, 0.2) is 29.9 Å². The molecule has 0 fully saturated rings. The fourth-order valence-corrected chi connectivity index (χ4v) is 2.21. The summed E-state index contributed by atoms with van der Waals surface area (Å²) >= 11 is 1.24. The van der Waals surface area contributed by atoms with E-state index in [1.165, 1.54) is 16.1 Å². The summed E-state index contributed by atoms with van der Waals surface area (Å²) in [5.41, 5.74) is 1.59. The highest BCUT2D eigenvalue weighted by molar-refractivity contribution is 7.84. The lowest BCUT2D eigenvalue weighted by Crippen LogP contribution is -2.36. The molecule has 0 saturated heterocycles. The SMILES string of the molecule is O=S(=O)(O)C[n+]1ccc(-c2csnn2)cc1. The maximum absolute atomic E-state index is 10.6. The Morgan fingerprint density at radius 3 is 2.56 bits per heavy atom. The number of pyridine rings is 1. The molecule has 0 aliphatic rings. The molecule has 8 heteroatoms. The predicted octanol–water partition coefficient (Wildman–Crippen LogP) is 0.338. The van der Waals surface area contributed by atoms with Crippen molar-refractivity contribution in [2.45, 2.75) is 5.88 Å². The summed E-state index contributed by atoms with van der Waals surface area (Å²) in [6.45, 7) is 0. The minimum atomic E-state index is -4.01. The number of rotatable bonds is 3. The van der Waals surface area contributed by atoms with Crippen molar-refractivity contribution in [3.8, 4) is 11.3 Å². The van der Waals surface area contributed by atoms with Crippen molar-refractivity contribution < 1.29 is 17.5 Å². The van der Waals surface area contributed by atoms with Gasteiger partial charge in [-0.05, 0) is 11.5 Å². The molecule has 0 unspecified atom stereocenters. The van der Waals surface area contributed by atoms with E-state index in [0.717, 1.165) is 11.3 Å². The van der Waals surface area contributed by atoms with Gasteiger partial charge in [0.05, 0.1) is 0 Å². The van der Waals surface area contributed by atoms with Crippen molar-refractivity contribution in [1.29, 1.82) is 0 Å². The van der Waals surface area contributed by atoms with Crippen LogP contribution in [0.3, 0.4) is 0 Å². The standard InChI is InChI=1S/C8H7N3O3S2/c12-16(13,14)6-11-3-1-7(2-4-11)8-5-15-10-9-8/h1-5H,6H2/p+1. The molecule has 0 saturated carbocycles. The van der Waals surface area contributed by atoms with E-state index in [4.69, 9.17) is 4.55 Å². The van der Waals surface area contributed by atoms with Gasteiger partial charge >= 0.3 is 10.1 Å². The van der Waals surface area contributed by atoms with E-state index in [0.29, 0.717) is 0 Å². The van der Waals surface area contributed by atoms with Crippen molar-refractivity contribution in [1.82, 2.24) is 9.59 Å². The van der Waals surface area contributed by atoms with Gasteiger partial charge in [0.1, 0.15) is 5.69 Å². The molecule has 1 N–H and O–H groups in total. The number of hydrogen-bond acceptors (Lipinski definition) is 5. The van der Waals surface area contributed by atoms with E-state index >= 15 is 0 Å². The Morgan fingerprint density at radius 2 is 2.06 bits per heavy atom. The molecule has 0 radical (unpaired) electrons. The minimum Gasteiger partial charge on any atom is -0.281 e. The molecule has 6 nitrogen and oxygen atoms in total. The second kappa shape index (κ2) is 4.24. The van der Waals surface area contributed by atoms with Crippen LogP contribution in [0.1, 0.15) is 0 Å². The number of aromatic nitrogens is 3. The molecule has 0 bridgehead atoms. The molecular weight excluding hydrogens is 250 g/mol. The third-order valence-corrected chi connectivity index (χ3v) is 2.99. The van der Waals surface area contributed by atoms with Crippen LogP contribution in [0.2, 0.25) is 0 Å². The minimum absolute atomic E-state index is 0.456. The van der Waals surface area contributed by atoms with Gasteiger partial charge in [0, 0.05) is 23.1 Å². The average molecular weight is 258 g/mol. The first-order chi connectivity index (χ1) is 7.54. The lowest BCUT2D eigenvalue weighted by Gasteiger charge is -1.95. The quantitative estimate of drug-likeness (QED) is 0.634. The maximum Gasteiger partial charge on any atom is 0.326 e. The Labute approximate surface area is 96.1 Å². The third kappa shape index (κ3) is 2.81. The van der Waals surface area contributed by atoms with Crippen molar-refractivity contribution in [2.24, 2.45) is 0 Å². The van der Waals surface area contributed by atoms with E-state index in [-0.39, 0.29) is 0 Å². The second-order valence-electron chi connectivity index (χ2n) is 3.10. The van der Waals surface area contributed by atoms with Gasteiger partial charge in [-0.2, -0.15) is 13.0 Å². The first-order valence-corrected chi connectivity index (χ1v) is 6.71. The summed E-state index contributed by atoms with van der Waals surface area (Å²) < 4.78 is 35.0. The summed E-state index contributed by atoms with van der Waals surface area (Å²) in [7, 11) is -4.01. The van der Waals surface area contributed by atoms with Crippen LogP contribution in [0.4, 0.5) is 0 Å². The van der Waals surface area contributed by atoms with E-state index in [1.807, 2.05) is 0 Å². The van der Waals surface area contributed by atoms with E-state index in [9.17, 15) is 8.42 Å².